The number of amides is 2. The second kappa shape index (κ2) is 6.60. The zero-order chi connectivity index (χ0) is 15.3. The first-order valence-electron chi connectivity index (χ1n) is 7.23. The molecule has 0 aliphatic heterocycles. The lowest BCUT2D eigenvalue weighted by molar-refractivity contribution is -0.139. The van der Waals surface area contributed by atoms with Gasteiger partial charge >= 0.3 is 12.0 Å². The fourth-order valence-corrected chi connectivity index (χ4v) is 2.90. The van der Waals surface area contributed by atoms with Gasteiger partial charge in [-0.3, -0.25) is 9.89 Å². The minimum Gasteiger partial charge on any atom is -0.481 e. The summed E-state index contributed by atoms with van der Waals surface area (Å²) in [6.45, 7) is 0.436. The molecule has 3 N–H and O–H groups in total. The number of aromatic amines is 1. The fraction of sp³-hybridized carbons (Fsp3) is 0.643. The summed E-state index contributed by atoms with van der Waals surface area (Å²) in [6.07, 6.45) is 7.85. The fourth-order valence-electron chi connectivity index (χ4n) is 2.90. The van der Waals surface area contributed by atoms with Crippen molar-refractivity contribution in [2.75, 3.05) is 7.05 Å². The van der Waals surface area contributed by atoms with Crippen molar-refractivity contribution in [2.45, 2.75) is 50.6 Å². The monoisotopic (exact) mass is 294 g/mol. The number of carbonyl (C=O) groups is 2. The predicted molar refractivity (Wildman–Crippen MR) is 76.7 cm³/mol. The van der Waals surface area contributed by atoms with Gasteiger partial charge in [0.2, 0.25) is 0 Å². The lowest BCUT2D eigenvalue weighted by atomic mass is 9.79. The molecule has 1 aliphatic rings. The Morgan fingerprint density at radius 2 is 2.14 bits per heavy atom. The van der Waals surface area contributed by atoms with Crippen LogP contribution in [0.2, 0.25) is 0 Å². The lowest BCUT2D eigenvalue weighted by Gasteiger charge is -2.38. The summed E-state index contributed by atoms with van der Waals surface area (Å²) in [7, 11) is 1.69. The van der Waals surface area contributed by atoms with E-state index in [1.807, 2.05) is 0 Å². The zero-order valence-corrected chi connectivity index (χ0v) is 12.3. The van der Waals surface area contributed by atoms with Crippen molar-refractivity contribution in [2.24, 2.45) is 0 Å². The van der Waals surface area contributed by atoms with Crippen LogP contribution < -0.4 is 5.32 Å². The lowest BCUT2D eigenvalue weighted by Crippen LogP contribution is -2.54. The molecule has 0 unspecified atom stereocenters. The second-order valence-electron chi connectivity index (χ2n) is 5.80. The Bertz CT molecular complexity index is 480. The van der Waals surface area contributed by atoms with Crippen molar-refractivity contribution in [1.29, 1.82) is 0 Å². The summed E-state index contributed by atoms with van der Waals surface area (Å²) in [4.78, 5) is 25.0. The molecule has 1 fully saturated rings. The minimum atomic E-state index is -0.866. The highest BCUT2D eigenvalue weighted by atomic mass is 16.4. The average molecular weight is 294 g/mol. The Labute approximate surface area is 123 Å². The summed E-state index contributed by atoms with van der Waals surface area (Å²) >= 11 is 0. The summed E-state index contributed by atoms with van der Waals surface area (Å²) in [6, 6.07) is -0.237. The maximum absolute atomic E-state index is 12.3. The van der Waals surface area contributed by atoms with Crippen LogP contribution >= 0.6 is 0 Å². The number of urea groups is 1. The van der Waals surface area contributed by atoms with Crippen molar-refractivity contribution >= 4 is 12.0 Å². The maximum atomic E-state index is 12.3. The Hall–Kier alpha value is -2.05. The van der Waals surface area contributed by atoms with Gasteiger partial charge in [-0.2, -0.15) is 5.10 Å². The highest BCUT2D eigenvalue weighted by Crippen LogP contribution is 2.31. The van der Waals surface area contributed by atoms with E-state index in [1.54, 1.807) is 24.3 Å². The van der Waals surface area contributed by atoms with Crippen molar-refractivity contribution in [3.8, 4) is 0 Å². The highest BCUT2D eigenvalue weighted by Gasteiger charge is 2.36. The van der Waals surface area contributed by atoms with Crippen molar-refractivity contribution in [1.82, 2.24) is 20.4 Å². The van der Waals surface area contributed by atoms with Gasteiger partial charge in [-0.05, 0) is 12.8 Å². The van der Waals surface area contributed by atoms with Crippen molar-refractivity contribution in [3.05, 3.63) is 18.0 Å². The molecule has 0 spiro atoms. The molecule has 2 rings (SSSR count). The molecule has 1 aliphatic carbocycles. The second-order valence-corrected chi connectivity index (χ2v) is 5.80. The molecular formula is C14H22N4O3. The van der Waals surface area contributed by atoms with E-state index in [-0.39, 0.29) is 12.5 Å². The number of carbonyl (C=O) groups excluding carboxylic acids is 1. The smallest absolute Gasteiger partial charge is 0.317 e. The number of hydrogen-bond donors (Lipinski definition) is 3. The molecule has 1 saturated carbocycles. The predicted octanol–water partition coefficient (Wildman–Crippen LogP) is 1.73. The van der Waals surface area contributed by atoms with Gasteiger partial charge in [0.05, 0.1) is 24.7 Å². The summed E-state index contributed by atoms with van der Waals surface area (Å²) in [5.41, 5.74) is 0.301. The number of H-pyrrole nitrogens is 1. The van der Waals surface area contributed by atoms with Gasteiger partial charge in [0.15, 0.2) is 0 Å². The standard InChI is InChI=1S/C14H22N4O3/c1-18(10-11-8-15-16-9-11)13(21)17-14(7-12(19)20)5-3-2-4-6-14/h8-9H,2-7,10H2,1H3,(H,15,16)(H,17,21)(H,19,20). The van der Waals surface area contributed by atoms with Gasteiger partial charge in [-0.15, -0.1) is 0 Å². The van der Waals surface area contributed by atoms with Gasteiger partial charge in [0.1, 0.15) is 0 Å². The minimum absolute atomic E-state index is 0.0156. The van der Waals surface area contributed by atoms with Crippen molar-refractivity contribution < 1.29 is 14.7 Å². The number of aliphatic carboxylic acids is 1. The molecule has 2 amide bonds. The van der Waals surface area contributed by atoms with Gasteiger partial charge < -0.3 is 15.3 Å². The molecular weight excluding hydrogens is 272 g/mol. The molecule has 7 heteroatoms. The van der Waals surface area contributed by atoms with E-state index in [2.05, 4.69) is 15.5 Å². The number of rotatable bonds is 5. The third-order valence-electron chi connectivity index (χ3n) is 3.99. The van der Waals surface area contributed by atoms with Gasteiger partial charge in [0.25, 0.3) is 0 Å². The molecule has 0 atom stereocenters. The van der Waals surface area contributed by atoms with E-state index >= 15 is 0 Å². The average Bonchev–Trinajstić information content (AvgIpc) is 2.91. The molecule has 0 bridgehead atoms. The van der Waals surface area contributed by atoms with Gasteiger partial charge in [-0.25, -0.2) is 4.79 Å². The third kappa shape index (κ3) is 4.21. The number of nitrogens with zero attached hydrogens (tertiary/aromatic N) is 2. The van der Waals surface area contributed by atoms with Crippen LogP contribution in [0, 0.1) is 0 Å². The summed E-state index contributed by atoms with van der Waals surface area (Å²) < 4.78 is 0. The number of nitrogens with one attached hydrogen (secondary N) is 2. The van der Waals surface area contributed by atoms with Crippen LogP contribution in [0.4, 0.5) is 4.79 Å². The Morgan fingerprint density at radius 1 is 1.43 bits per heavy atom. The molecule has 0 saturated heterocycles. The van der Waals surface area contributed by atoms with Crippen LogP contribution in [0.1, 0.15) is 44.1 Å². The quantitative estimate of drug-likeness (QED) is 0.770. The number of carboxylic acid groups (broad SMARTS) is 1. The number of carboxylic acids is 1. The molecule has 1 heterocycles. The third-order valence-corrected chi connectivity index (χ3v) is 3.99. The Balaban J connectivity index is 1.98. The van der Waals surface area contributed by atoms with Crippen LogP contribution in [0.25, 0.3) is 0 Å². The molecule has 1 aromatic rings. The largest absolute Gasteiger partial charge is 0.481 e. The molecule has 7 nitrogen and oxygen atoms in total. The van der Waals surface area contributed by atoms with Crippen molar-refractivity contribution in [3.63, 3.8) is 0 Å². The normalized spacial score (nSPS) is 17.2. The van der Waals surface area contributed by atoms with Gasteiger partial charge in [0, 0.05) is 18.8 Å². The zero-order valence-electron chi connectivity index (χ0n) is 12.3. The SMILES string of the molecule is CN(Cc1cn[nH]c1)C(=O)NC1(CC(=O)O)CCCCC1. The molecule has 21 heavy (non-hydrogen) atoms. The summed E-state index contributed by atoms with van der Waals surface area (Å²) in [5, 5.41) is 18.6. The van der Waals surface area contributed by atoms with E-state index in [9.17, 15) is 9.59 Å². The number of aromatic nitrogens is 2. The highest BCUT2D eigenvalue weighted by molar-refractivity contribution is 5.76. The Morgan fingerprint density at radius 3 is 2.71 bits per heavy atom. The summed E-state index contributed by atoms with van der Waals surface area (Å²) in [5.74, 6) is -0.866. The molecule has 1 aromatic heterocycles. The molecule has 0 aromatic carbocycles. The maximum Gasteiger partial charge on any atom is 0.317 e. The van der Waals surface area contributed by atoms with E-state index in [0.29, 0.717) is 6.54 Å². The van der Waals surface area contributed by atoms with Crippen LogP contribution in [-0.4, -0.2) is 44.8 Å². The first-order chi connectivity index (χ1) is 10.0. The van der Waals surface area contributed by atoms with E-state index in [0.717, 1.165) is 37.7 Å². The van der Waals surface area contributed by atoms with Crippen LogP contribution in [0.3, 0.4) is 0 Å². The van der Waals surface area contributed by atoms with E-state index in [4.69, 9.17) is 5.11 Å². The van der Waals surface area contributed by atoms with Crippen LogP contribution in [-0.2, 0) is 11.3 Å². The first kappa shape index (κ1) is 15.3. The number of hydrogen-bond acceptors (Lipinski definition) is 3. The Kier molecular flexibility index (Phi) is 4.82. The van der Waals surface area contributed by atoms with Crippen LogP contribution in [0.5, 0.6) is 0 Å². The molecule has 0 radical (unpaired) electrons. The van der Waals surface area contributed by atoms with E-state index in [1.165, 1.54) is 0 Å². The first-order valence-corrected chi connectivity index (χ1v) is 7.23. The topological polar surface area (TPSA) is 98.3 Å². The molecule has 116 valence electrons. The van der Waals surface area contributed by atoms with Gasteiger partial charge in [-0.1, -0.05) is 19.3 Å². The van der Waals surface area contributed by atoms with Crippen LogP contribution in [0.15, 0.2) is 12.4 Å². The van der Waals surface area contributed by atoms with E-state index < -0.39 is 11.5 Å².